The Balaban J connectivity index is 2.19. The van der Waals surface area contributed by atoms with Crippen LogP contribution in [0.25, 0.3) is 27.7 Å². The van der Waals surface area contributed by atoms with Crippen LogP contribution in [-0.4, -0.2) is 18.3 Å². The molecule has 4 rings (SSSR count). The molecule has 5 heteroatoms. The van der Waals surface area contributed by atoms with Crippen molar-refractivity contribution < 1.29 is 13.9 Å². The zero-order valence-electron chi connectivity index (χ0n) is 13.9. The van der Waals surface area contributed by atoms with Gasteiger partial charge in [0, 0.05) is 11.1 Å². The molecule has 0 N–H and O–H groups in total. The molecule has 0 saturated carbocycles. The summed E-state index contributed by atoms with van der Waals surface area (Å²) in [5.41, 5.74) is 3.32. The number of para-hydroxylation sites is 1. The molecule has 0 radical (unpaired) electrons. The molecule has 2 aromatic heterocycles. The Bertz CT molecular complexity index is 1100. The number of benzene rings is 2. The maximum absolute atomic E-state index is 9.44. The third-order valence-corrected chi connectivity index (χ3v) is 4.16. The molecule has 0 aliphatic carbocycles. The smallest absolute Gasteiger partial charge is 0.248 e. The van der Waals surface area contributed by atoms with Gasteiger partial charge in [-0.1, -0.05) is 18.2 Å². The van der Waals surface area contributed by atoms with E-state index < -0.39 is 0 Å². The number of ether oxygens (including phenoxy) is 2. The molecular weight excluding hydrogens is 316 g/mol. The number of hydrogen-bond donors (Lipinski definition) is 0. The van der Waals surface area contributed by atoms with E-state index >= 15 is 0 Å². The summed E-state index contributed by atoms with van der Waals surface area (Å²) < 4.78 is 19.0. The van der Waals surface area contributed by atoms with E-state index in [9.17, 15) is 5.26 Å². The first-order valence-corrected chi connectivity index (χ1v) is 8.01. The van der Waals surface area contributed by atoms with Crippen LogP contribution >= 0.6 is 0 Å². The Labute approximate surface area is 144 Å². The topological polar surface area (TPSA) is 60.3 Å². The summed E-state index contributed by atoms with van der Waals surface area (Å²) >= 11 is 0. The summed E-state index contributed by atoms with van der Waals surface area (Å²) in [6, 6.07) is 17.8. The number of nitriles is 1. The largest absolute Gasteiger partial charge is 0.497 e. The second-order valence-electron chi connectivity index (χ2n) is 5.54. The number of furan rings is 1. The molecule has 0 unspecified atom stereocenters. The molecule has 0 atom stereocenters. The fraction of sp³-hybridized carbons (Fsp3) is 0.150. The van der Waals surface area contributed by atoms with Crippen molar-refractivity contribution in [1.82, 2.24) is 4.57 Å². The Morgan fingerprint density at radius 2 is 1.96 bits per heavy atom. The van der Waals surface area contributed by atoms with Gasteiger partial charge in [0.25, 0.3) is 0 Å². The van der Waals surface area contributed by atoms with Gasteiger partial charge in [-0.3, -0.25) is 0 Å². The van der Waals surface area contributed by atoms with E-state index in [0.717, 1.165) is 27.9 Å². The van der Waals surface area contributed by atoms with Gasteiger partial charge < -0.3 is 18.5 Å². The van der Waals surface area contributed by atoms with Gasteiger partial charge in [0.1, 0.15) is 17.3 Å². The van der Waals surface area contributed by atoms with Crippen molar-refractivity contribution in [3.8, 4) is 23.3 Å². The third-order valence-electron chi connectivity index (χ3n) is 4.16. The van der Waals surface area contributed by atoms with Gasteiger partial charge in [-0.2, -0.15) is 5.26 Å². The van der Waals surface area contributed by atoms with Gasteiger partial charge in [0.05, 0.1) is 19.2 Å². The normalized spacial score (nSPS) is 10.9. The first-order chi connectivity index (χ1) is 12.3. The minimum atomic E-state index is 0.182. The highest BCUT2D eigenvalue weighted by atomic mass is 16.5. The fourth-order valence-electron chi connectivity index (χ4n) is 3.13. The number of methoxy groups -OCH3 is 1. The molecule has 5 nitrogen and oxygen atoms in total. The molecular formula is C20H16N2O3. The number of nitrogens with zero attached hydrogens (tertiary/aromatic N) is 2. The van der Waals surface area contributed by atoms with Crippen LogP contribution < -0.4 is 9.47 Å². The molecule has 4 aromatic rings. The zero-order chi connectivity index (χ0) is 17.4. The van der Waals surface area contributed by atoms with Gasteiger partial charge >= 0.3 is 0 Å². The van der Waals surface area contributed by atoms with Gasteiger partial charge in [-0.05, 0) is 37.3 Å². The van der Waals surface area contributed by atoms with Crippen molar-refractivity contribution >= 4 is 22.0 Å². The quantitative estimate of drug-likeness (QED) is 0.545. The highest BCUT2D eigenvalue weighted by molar-refractivity contribution is 6.09. The Morgan fingerprint density at radius 3 is 2.64 bits per heavy atom. The first kappa shape index (κ1) is 15.2. The van der Waals surface area contributed by atoms with E-state index in [1.54, 1.807) is 7.11 Å². The van der Waals surface area contributed by atoms with E-state index in [1.807, 2.05) is 55.5 Å². The van der Waals surface area contributed by atoms with Crippen molar-refractivity contribution in [2.24, 2.45) is 0 Å². The highest BCUT2D eigenvalue weighted by Crippen LogP contribution is 2.42. The van der Waals surface area contributed by atoms with Crippen molar-refractivity contribution in [3.05, 3.63) is 54.3 Å². The second-order valence-corrected chi connectivity index (χ2v) is 5.54. The lowest BCUT2D eigenvalue weighted by molar-refractivity contribution is 0.336. The SMILES string of the molecule is CCOc1c(C#N)oc2c3cc(OC)ccc3n(-c3ccccc3)c12. The van der Waals surface area contributed by atoms with E-state index in [4.69, 9.17) is 13.9 Å². The van der Waals surface area contributed by atoms with Crippen LogP contribution in [0.3, 0.4) is 0 Å². The lowest BCUT2D eigenvalue weighted by atomic mass is 10.2. The molecule has 2 heterocycles. The molecule has 124 valence electrons. The summed E-state index contributed by atoms with van der Waals surface area (Å²) in [6.45, 7) is 2.33. The number of fused-ring (bicyclic) bond motifs is 3. The molecule has 0 aliphatic rings. The van der Waals surface area contributed by atoms with E-state index in [1.165, 1.54) is 0 Å². The summed E-state index contributed by atoms with van der Waals surface area (Å²) in [5.74, 6) is 1.38. The monoisotopic (exact) mass is 332 g/mol. The minimum Gasteiger partial charge on any atom is -0.497 e. The average Bonchev–Trinajstić information content (AvgIpc) is 3.17. The van der Waals surface area contributed by atoms with Crippen LogP contribution in [0.15, 0.2) is 52.9 Å². The number of hydrogen-bond acceptors (Lipinski definition) is 4. The minimum absolute atomic E-state index is 0.182. The molecule has 0 spiro atoms. The Morgan fingerprint density at radius 1 is 1.16 bits per heavy atom. The molecule has 25 heavy (non-hydrogen) atoms. The van der Waals surface area contributed by atoms with Crippen LogP contribution in [0.1, 0.15) is 12.7 Å². The maximum atomic E-state index is 9.44. The molecule has 0 amide bonds. The third kappa shape index (κ3) is 2.23. The van der Waals surface area contributed by atoms with Gasteiger partial charge in [0.15, 0.2) is 5.58 Å². The summed E-state index contributed by atoms with van der Waals surface area (Å²) in [7, 11) is 1.63. The van der Waals surface area contributed by atoms with Crippen LogP contribution in [0, 0.1) is 11.3 Å². The van der Waals surface area contributed by atoms with Crippen molar-refractivity contribution in [3.63, 3.8) is 0 Å². The molecule has 0 fully saturated rings. The number of aromatic nitrogens is 1. The molecule has 0 bridgehead atoms. The average molecular weight is 332 g/mol. The van der Waals surface area contributed by atoms with Crippen LogP contribution in [0.4, 0.5) is 0 Å². The predicted octanol–water partition coefficient (Wildman–Crippen LogP) is 4.66. The Kier molecular flexibility index (Phi) is 3.58. The van der Waals surface area contributed by atoms with Crippen molar-refractivity contribution in [2.45, 2.75) is 6.92 Å². The molecule has 0 aliphatic heterocycles. The summed E-state index contributed by atoms with van der Waals surface area (Å²) in [5, 5.41) is 10.3. The van der Waals surface area contributed by atoms with E-state index in [-0.39, 0.29) is 5.76 Å². The van der Waals surface area contributed by atoms with Crippen LogP contribution in [-0.2, 0) is 0 Å². The first-order valence-electron chi connectivity index (χ1n) is 8.01. The maximum Gasteiger partial charge on any atom is 0.248 e. The van der Waals surface area contributed by atoms with Crippen molar-refractivity contribution in [2.75, 3.05) is 13.7 Å². The molecule has 0 saturated heterocycles. The van der Waals surface area contributed by atoms with Gasteiger partial charge in [0.2, 0.25) is 11.5 Å². The Hall–Kier alpha value is -3.39. The lowest BCUT2D eigenvalue weighted by Gasteiger charge is -2.09. The predicted molar refractivity (Wildman–Crippen MR) is 95.5 cm³/mol. The van der Waals surface area contributed by atoms with Gasteiger partial charge in [-0.15, -0.1) is 0 Å². The van der Waals surface area contributed by atoms with E-state index in [0.29, 0.717) is 17.9 Å². The van der Waals surface area contributed by atoms with Crippen LogP contribution in [0.5, 0.6) is 11.5 Å². The van der Waals surface area contributed by atoms with Crippen molar-refractivity contribution in [1.29, 1.82) is 5.26 Å². The van der Waals surface area contributed by atoms with Gasteiger partial charge in [-0.25, -0.2) is 0 Å². The number of rotatable bonds is 4. The standard InChI is InChI=1S/C20H16N2O3/c1-3-24-20-17(12-21)25-19-15-11-14(23-2)9-10-16(15)22(18(19)20)13-7-5-4-6-8-13/h4-11H,3H2,1-2H3. The second kappa shape index (κ2) is 5.91. The summed E-state index contributed by atoms with van der Waals surface area (Å²) in [6.07, 6.45) is 0. The van der Waals surface area contributed by atoms with E-state index in [2.05, 4.69) is 10.6 Å². The molecule has 2 aromatic carbocycles. The fourth-order valence-corrected chi connectivity index (χ4v) is 3.13. The van der Waals surface area contributed by atoms with Crippen LogP contribution in [0.2, 0.25) is 0 Å². The summed E-state index contributed by atoms with van der Waals surface area (Å²) in [4.78, 5) is 0. The lowest BCUT2D eigenvalue weighted by Crippen LogP contribution is -1.98. The highest BCUT2D eigenvalue weighted by Gasteiger charge is 2.24. The zero-order valence-corrected chi connectivity index (χ0v) is 13.9.